The van der Waals surface area contributed by atoms with Crippen LogP contribution in [0.25, 0.3) is 0 Å². The number of thiazole rings is 1. The Morgan fingerprint density at radius 2 is 2.03 bits per heavy atom. The molecule has 5 N–H and O–H groups in total. The summed E-state index contributed by atoms with van der Waals surface area (Å²) in [5.74, 6) is -0.407. The molecular weight excluding hydrogens is 546 g/mol. The molecule has 2 bridgehead atoms. The van der Waals surface area contributed by atoms with Crippen molar-refractivity contribution >= 4 is 57.6 Å². The number of aromatic nitrogens is 1. The molecule has 0 aromatic carbocycles. The van der Waals surface area contributed by atoms with E-state index in [1.165, 1.54) is 22.0 Å². The van der Waals surface area contributed by atoms with Crippen molar-refractivity contribution in [2.45, 2.75) is 30.7 Å². The molecule has 206 valence electrons. The first-order valence-electron chi connectivity index (χ1n) is 12.3. The van der Waals surface area contributed by atoms with E-state index in [1.807, 2.05) is 0 Å². The quantitative estimate of drug-likeness (QED) is 0.0746. The molecule has 1 aromatic rings. The SMILES string of the molecule is C#CCO/N=C(\C(=O)N[C@@H]1C(=O)N2C(C(=O)[O-])=C(C[N+]34CCC(C(N)=O)(CC3)CC4)CS[C@H]12)c1csc(N)n1. The number of quaternary nitrogens is 1. The lowest BCUT2D eigenvalue weighted by Gasteiger charge is -2.55. The van der Waals surface area contributed by atoms with Crippen LogP contribution in [-0.2, 0) is 24.0 Å². The van der Waals surface area contributed by atoms with E-state index in [4.69, 9.17) is 22.7 Å². The number of carboxylic acid groups (broad SMARTS) is 1. The molecular formula is C24H27N7O6S2. The fourth-order valence-corrected chi connectivity index (χ4v) is 7.70. The van der Waals surface area contributed by atoms with Crippen molar-refractivity contribution in [1.29, 1.82) is 0 Å². The number of nitrogen functional groups attached to an aromatic ring is 1. The number of carbonyl (C=O) groups is 4. The molecule has 39 heavy (non-hydrogen) atoms. The Hall–Kier alpha value is -3.61. The smallest absolute Gasteiger partial charge is 0.276 e. The number of carboxylic acids is 1. The highest BCUT2D eigenvalue weighted by atomic mass is 32.2. The summed E-state index contributed by atoms with van der Waals surface area (Å²) in [5, 5.41) is 19.7. The minimum absolute atomic E-state index is 0.141. The normalized spacial score (nSPS) is 29.8. The van der Waals surface area contributed by atoms with Crippen LogP contribution >= 0.6 is 23.1 Å². The fraction of sp³-hybridized carbons (Fsp3) is 0.500. The number of thioether (sulfide) groups is 1. The highest BCUT2D eigenvalue weighted by molar-refractivity contribution is 8.00. The molecule has 5 aliphatic rings. The maximum absolute atomic E-state index is 13.2. The Morgan fingerprint density at radius 3 is 2.59 bits per heavy atom. The average Bonchev–Trinajstić information content (AvgIpc) is 3.35. The van der Waals surface area contributed by atoms with Gasteiger partial charge in [0.05, 0.1) is 36.7 Å². The van der Waals surface area contributed by atoms with Crippen LogP contribution in [0.15, 0.2) is 21.8 Å². The molecule has 6 rings (SSSR count). The summed E-state index contributed by atoms with van der Waals surface area (Å²) >= 11 is 2.47. The van der Waals surface area contributed by atoms with Crippen molar-refractivity contribution in [1.82, 2.24) is 15.2 Å². The van der Waals surface area contributed by atoms with Crippen LogP contribution in [0, 0.1) is 17.8 Å². The zero-order valence-corrected chi connectivity index (χ0v) is 22.5. The van der Waals surface area contributed by atoms with Crippen molar-refractivity contribution in [3.8, 4) is 12.3 Å². The third-order valence-electron chi connectivity index (χ3n) is 8.05. The number of piperidine rings is 3. The van der Waals surface area contributed by atoms with Crippen molar-refractivity contribution in [3.63, 3.8) is 0 Å². The van der Waals surface area contributed by atoms with E-state index >= 15 is 0 Å². The van der Waals surface area contributed by atoms with Crippen LogP contribution in [0.3, 0.4) is 0 Å². The number of nitrogens with one attached hydrogen (secondary N) is 1. The zero-order valence-electron chi connectivity index (χ0n) is 20.9. The zero-order chi connectivity index (χ0) is 27.9. The Bertz CT molecular complexity index is 1320. The van der Waals surface area contributed by atoms with E-state index in [0.29, 0.717) is 41.6 Å². The highest BCUT2D eigenvalue weighted by Crippen LogP contribution is 2.46. The van der Waals surface area contributed by atoms with Gasteiger partial charge in [0, 0.05) is 36.0 Å². The van der Waals surface area contributed by atoms with Gasteiger partial charge in [0.2, 0.25) is 5.91 Å². The second-order valence-electron chi connectivity index (χ2n) is 10.2. The highest BCUT2D eigenvalue weighted by Gasteiger charge is 2.56. The first kappa shape index (κ1) is 27.0. The van der Waals surface area contributed by atoms with Gasteiger partial charge in [-0.25, -0.2) is 4.98 Å². The molecule has 0 saturated carbocycles. The molecule has 2 atom stereocenters. The standard InChI is InChI=1S/C24H27N7O6S2/c1-2-9-37-29-15(14-12-39-23(26)27-14)18(32)28-16-19(33)30-17(21(34)35)13(11-38-20(16)30)10-31-6-3-24(4-7-31,5-8-31)22(25)36/h1,12,16,20H,3-11H2,(H5-,25,26,27,28,32,34,35,36)/b29-15-/t16-,20-,24?,31?/m1/s1. The fourth-order valence-electron chi connectivity index (χ4n) is 5.81. The molecule has 0 radical (unpaired) electrons. The summed E-state index contributed by atoms with van der Waals surface area (Å²) < 4.78 is 0.656. The number of nitrogens with two attached hydrogens (primary N) is 2. The predicted octanol–water partition coefficient (Wildman–Crippen LogP) is -2.03. The van der Waals surface area contributed by atoms with Crippen LogP contribution < -0.4 is 21.9 Å². The van der Waals surface area contributed by atoms with Crippen LogP contribution in [0.1, 0.15) is 25.0 Å². The van der Waals surface area contributed by atoms with E-state index in [2.05, 4.69) is 21.4 Å². The lowest BCUT2D eigenvalue weighted by Crippen LogP contribution is -2.72. The summed E-state index contributed by atoms with van der Waals surface area (Å²) in [7, 11) is 0. The van der Waals surface area contributed by atoms with Gasteiger partial charge in [-0.15, -0.1) is 29.5 Å². The monoisotopic (exact) mass is 573 g/mol. The number of nitrogens with zero attached hydrogens (tertiary/aromatic N) is 4. The number of terminal acetylenes is 1. The lowest BCUT2D eigenvalue weighted by molar-refractivity contribution is -0.940. The Labute approximate surface area is 232 Å². The van der Waals surface area contributed by atoms with E-state index in [1.54, 1.807) is 0 Å². The second-order valence-corrected chi connectivity index (χ2v) is 12.1. The average molecular weight is 574 g/mol. The molecule has 6 heterocycles. The van der Waals surface area contributed by atoms with Crippen molar-refractivity contribution in [2.75, 3.05) is 44.3 Å². The minimum atomic E-state index is -1.44. The van der Waals surface area contributed by atoms with E-state index < -0.39 is 34.6 Å². The van der Waals surface area contributed by atoms with E-state index in [9.17, 15) is 24.3 Å². The maximum Gasteiger partial charge on any atom is 0.276 e. The van der Waals surface area contributed by atoms with E-state index in [-0.39, 0.29) is 34.7 Å². The van der Waals surface area contributed by atoms with Gasteiger partial charge in [-0.1, -0.05) is 11.1 Å². The minimum Gasteiger partial charge on any atom is -0.543 e. The molecule has 4 saturated heterocycles. The number of anilines is 1. The Balaban J connectivity index is 1.32. The Kier molecular flexibility index (Phi) is 7.04. The number of aliphatic carboxylic acids is 1. The molecule has 15 heteroatoms. The van der Waals surface area contributed by atoms with Gasteiger partial charge in [-0.05, 0) is 0 Å². The number of amides is 3. The first-order valence-corrected chi connectivity index (χ1v) is 14.2. The number of rotatable bonds is 9. The summed E-state index contributed by atoms with van der Waals surface area (Å²) in [6, 6.07) is -0.986. The molecule has 13 nitrogen and oxygen atoms in total. The van der Waals surface area contributed by atoms with Gasteiger partial charge >= 0.3 is 0 Å². The molecule has 0 aliphatic carbocycles. The van der Waals surface area contributed by atoms with Gasteiger partial charge in [0.15, 0.2) is 17.5 Å². The van der Waals surface area contributed by atoms with E-state index in [0.717, 1.165) is 31.0 Å². The number of primary amides is 1. The van der Waals surface area contributed by atoms with Crippen molar-refractivity contribution in [2.24, 2.45) is 16.3 Å². The number of oxime groups is 1. The van der Waals surface area contributed by atoms with Gasteiger partial charge in [0.1, 0.15) is 23.7 Å². The van der Waals surface area contributed by atoms with Gasteiger partial charge < -0.3 is 36.0 Å². The predicted molar refractivity (Wildman–Crippen MR) is 140 cm³/mol. The van der Waals surface area contributed by atoms with Crippen molar-refractivity contribution in [3.05, 3.63) is 22.3 Å². The van der Waals surface area contributed by atoms with Gasteiger partial charge in [-0.3, -0.25) is 19.3 Å². The summed E-state index contributed by atoms with van der Waals surface area (Å²) in [6.07, 6.45) is 7.18. The molecule has 4 fully saturated rings. The summed E-state index contributed by atoms with van der Waals surface area (Å²) in [6.45, 7) is 2.43. The van der Waals surface area contributed by atoms with Gasteiger partial charge in [0.25, 0.3) is 11.8 Å². The first-order chi connectivity index (χ1) is 18.6. The van der Waals surface area contributed by atoms with Crippen LogP contribution in [0.2, 0.25) is 0 Å². The molecule has 5 aliphatic heterocycles. The van der Waals surface area contributed by atoms with Gasteiger partial charge in [-0.2, -0.15) is 0 Å². The lowest BCUT2D eigenvalue weighted by atomic mass is 9.70. The summed E-state index contributed by atoms with van der Waals surface area (Å²) in [4.78, 5) is 60.7. The van der Waals surface area contributed by atoms with Crippen LogP contribution in [0.5, 0.6) is 0 Å². The third-order valence-corrected chi connectivity index (χ3v) is 10.1. The van der Waals surface area contributed by atoms with Crippen LogP contribution in [0.4, 0.5) is 5.13 Å². The number of hydrogen-bond acceptors (Lipinski definition) is 11. The molecule has 0 unspecified atom stereocenters. The Morgan fingerprint density at radius 1 is 1.33 bits per heavy atom. The maximum atomic E-state index is 13.2. The second kappa shape index (κ2) is 10.2. The number of hydrogen-bond donors (Lipinski definition) is 3. The number of fused-ring (bicyclic) bond motifs is 4. The van der Waals surface area contributed by atoms with Crippen molar-refractivity contribution < 1.29 is 33.6 Å². The number of β-lactam (4-membered cyclic amide) rings is 1. The summed E-state index contributed by atoms with van der Waals surface area (Å²) in [5.41, 5.74) is 11.3. The largest absolute Gasteiger partial charge is 0.543 e. The third kappa shape index (κ3) is 4.72. The van der Waals surface area contributed by atoms with Crippen LogP contribution in [-0.4, -0.2) is 93.7 Å². The molecule has 0 spiro atoms. The number of carbonyl (C=O) groups excluding carboxylic acids is 4. The molecule has 1 aromatic heterocycles. The topological polar surface area (TPSA) is 193 Å². The molecule has 3 amide bonds.